The Morgan fingerprint density at radius 3 is 3.00 bits per heavy atom. The highest BCUT2D eigenvalue weighted by atomic mass is 15.2. The van der Waals surface area contributed by atoms with E-state index in [1.165, 1.54) is 51.9 Å². The zero-order chi connectivity index (χ0) is 12.6. The molecule has 102 valence electrons. The van der Waals surface area contributed by atoms with Gasteiger partial charge in [0.15, 0.2) is 0 Å². The highest BCUT2D eigenvalue weighted by Gasteiger charge is 2.20. The van der Waals surface area contributed by atoms with Crippen molar-refractivity contribution in [3.8, 4) is 0 Å². The number of imidazole rings is 1. The fourth-order valence-corrected chi connectivity index (χ4v) is 2.60. The van der Waals surface area contributed by atoms with Gasteiger partial charge < -0.3 is 14.8 Å². The first-order chi connectivity index (χ1) is 8.88. The van der Waals surface area contributed by atoms with Crippen LogP contribution in [0.1, 0.15) is 32.6 Å². The number of aryl methyl sites for hydroxylation is 1. The zero-order valence-electron chi connectivity index (χ0n) is 11.5. The zero-order valence-corrected chi connectivity index (χ0v) is 11.5. The quantitative estimate of drug-likeness (QED) is 0.713. The lowest BCUT2D eigenvalue weighted by Gasteiger charge is -2.16. The van der Waals surface area contributed by atoms with E-state index in [0.717, 1.165) is 12.6 Å². The van der Waals surface area contributed by atoms with E-state index < -0.39 is 0 Å². The maximum Gasteiger partial charge on any atom is 0.0945 e. The first-order valence-electron chi connectivity index (χ1n) is 7.30. The van der Waals surface area contributed by atoms with Crippen molar-refractivity contribution in [3.63, 3.8) is 0 Å². The molecular formula is C14H26N4. The second kappa shape index (κ2) is 7.54. The second-order valence-electron chi connectivity index (χ2n) is 5.25. The van der Waals surface area contributed by atoms with E-state index in [1.807, 2.05) is 18.7 Å². The van der Waals surface area contributed by atoms with Crippen molar-refractivity contribution in [2.75, 3.05) is 26.2 Å². The maximum absolute atomic E-state index is 4.06. The molecule has 1 N–H and O–H groups in total. The van der Waals surface area contributed by atoms with Crippen LogP contribution in [0.5, 0.6) is 0 Å². The molecule has 0 amide bonds. The molecule has 4 nitrogen and oxygen atoms in total. The predicted molar refractivity (Wildman–Crippen MR) is 74.6 cm³/mol. The summed E-state index contributed by atoms with van der Waals surface area (Å²) >= 11 is 0. The summed E-state index contributed by atoms with van der Waals surface area (Å²) in [7, 11) is 0. The van der Waals surface area contributed by atoms with E-state index in [9.17, 15) is 0 Å². The molecule has 0 spiro atoms. The van der Waals surface area contributed by atoms with Gasteiger partial charge >= 0.3 is 0 Å². The van der Waals surface area contributed by atoms with E-state index in [-0.39, 0.29) is 0 Å². The summed E-state index contributed by atoms with van der Waals surface area (Å²) in [5, 5.41) is 3.62. The third-order valence-electron chi connectivity index (χ3n) is 3.66. The van der Waals surface area contributed by atoms with Crippen LogP contribution < -0.4 is 5.32 Å². The third kappa shape index (κ3) is 4.42. The van der Waals surface area contributed by atoms with Crippen LogP contribution in [0.2, 0.25) is 0 Å². The molecule has 4 heteroatoms. The molecule has 0 aliphatic carbocycles. The molecule has 1 atom stereocenters. The molecular weight excluding hydrogens is 224 g/mol. The normalized spacial score (nSPS) is 20.6. The van der Waals surface area contributed by atoms with E-state index in [0.29, 0.717) is 0 Å². The van der Waals surface area contributed by atoms with Gasteiger partial charge in [0.25, 0.3) is 0 Å². The van der Waals surface area contributed by atoms with Crippen LogP contribution in [0, 0.1) is 0 Å². The summed E-state index contributed by atoms with van der Waals surface area (Å²) < 4.78 is 2.16. The predicted octanol–water partition coefficient (Wildman–Crippen LogP) is 1.74. The van der Waals surface area contributed by atoms with Crippen molar-refractivity contribution in [3.05, 3.63) is 18.7 Å². The van der Waals surface area contributed by atoms with E-state index in [2.05, 4.69) is 26.7 Å². The number of nitrogens with one attached hydrogen (secondary N) is 1. The molecule has 0 bridgehead atoms. The average molecular weight is 250 g/mol. The molecule has 0 aromatic carbocycles. The van der Waals surface area contributed by atoms with Gasteiger partial charge in [-0.3, -0.25) is 0 Å². The summed E-state index contributed by atoms with van der Waals surface area (Å²) in [5.41, 5.74) is 0. The molecule has 0 saturated carbocycles. The Morgan fingerprint density at radius 1 is 1.33 bits per heavy atom. The number of hydrogen-bond donors (Lipinski definition) is 1. The highest BCUT2D eigenvalue weighted by molar-refractivity contribution is 4.80. The van der Waals surface area contributed by atoms with Gasteiger partial charge in [-0.2, -0.15) is 0 Å². The van der Waals surface area contributed by atoms with Crippen LogP contribution in [0.15, 0.2) is 18.7 Å². The number of rotatable bonds is 8. The van der Waals surface area contributed by atoms with Crippen LogP contribution in [0.4, 0.5) is 0 Å². The molecule has 1 fully saturated rings. The van der Waals surface area contributed by atoms with E-state index >= 15 is 0 Å². The topological polar surface area (TPSA) is 33.1 Å². The molecule has 2 rings (SSSR count). The van der Waals surface area contributed by atoms with Crippen molar-refractivity contribution in [1.82, 2.24) is 19.8 Å². The van der Waals surface area contributed by atoms with Crippen LogP contribution in [-0.2, 0) is 6.54 Å². The first kappa shape index (κ1) is 13.6. The number of nitrogens with zero attached hydrogens (tertiary/aromatic N) is 3. The minimum Gasteiger partial charge on any atom is -0.337 e. The van der Waals surface area contributed by atoms with Gasteiger partial charge in [0.1, 0.15) is 0 Å². The molecule has 1 aliphatic heterocycles. The molecule has 0 radical (unpaired) electrons. The smallest absolute Gasteiger partial charge is 0.0945 e. The van der Waals surface area contributed by atoms with E-state index in [4.69, 9.17) is 0 Å². The lowest BCUT2D eigenvalue weighted by molar-refractivity contribution is 0.316. The summed E-state index contributed by atoms with van der Waals surface area (Å²) in [6, 6.07) is 0.735. The molecule has 18 heavy (non-hydrogen) atoms. The summed E-state index contributed by atoms with van der Waals surface area (Å²) in [5.74, 6) is 0. The summed E-state index contributed by atoms with van der Waals surface area (Å²) in [6.07, 6.45) is 10.9. The lowest BCUT2D eigenvalue weighted by atomic mass is 10.2. The Kier molecular flexibility index (Phi) is 5.68. The minimum atomic E-state index is 0.735. The Hall–Kier alpha value is -0.870. The Balaban J connectivity index is 1.52. The van der Waals surface area contributed by atoms with Gasteiger partial charge in [-0.05, 0) is 45.3 Å². The lowest BCUT2D eigenvalue weighted by Crippen LogP contribution is -2.33. The van der Waals surface area contributed by atoms with Crippen LogP contribution >= 0.6 is 0 Å². The molecule has 1 aromatic heterocycles. The average Bonchev–Trinajstić information content (AvgIpc) is 3.04. The molecule has 1 saturated heterocycles. The SMILES string of the molecule is CCCNC1CCN(CCCCn2ccnc2)C1. The Bertz CT molecular complexity index is 310. The second-order valence-corrected chi connectivity index (χ2v) is 5.25. The van der Waals surface area contributed by atoms with Gasteiger partial charge in [0.2, 0.25) is 0 Å². The van der Waals surface area contributed by atoms with Crippen molar-refractivity contribution < 1.29 is 0 Å². The minimum absolute atomic E-state index is 0.735. The highest BCUT2D eigenvalue weighted by Crippen LogP contribution is 2.10. The number of aromatic nitrogens is 2. The standard InChI is InChI=1S/C14H26N4/c1-2-6-16-14-5-10-17(12-14)8-3-4-9-18-11-7-15-13-18/h7,11,13-14,16H,2-6,8-10,12H2,1H3. The van der Waals surface area contributed by atoms with Crippen molar-refractivity contribution in [2.45, 2.75) is 45.2 Å². The largest absolute Gasteiger partial charge is 0.337 e. The first-order valence-corrected chi connectivity index (χ1v) is 7.30. The van der Waals surface area contributed by atoms with Crippen LogP contribution in [-0.4, -0.2) is 46.7 Å². The van der Waals surface area contributed by atoms with E-state index in [1.54, 1.807) is 0 Å². The molecule has 1 unspecified atom stereocenters. The molecule has 2 heterocycles. The van der Waals surface area contributed by atoms with Crippen molar-refractivity contribution >= 4 is 0 Å². The summed E-state index contributed by atoms with van der Waals surface area (Å²) in [6.45, 7) is 8.26. The number of likely N-dealkylation sites (tertiary alicyclic amines) is 1. The molecule has 1 aliphatic rings. The fraction of sp³-hybridized carbons (Fsp3) is 0.786. The Labute approximate surface area is 110 Å². The third-order valence-corrected chi connectivity index (χ3v) is 3.66. The van der Waals surface area contributed by atoms with Gasteiger partial charge in [-0.15, -0.1) is 0 Å². The van der Waals surface area contributed by atoms with Gasteiger partial charge in [0.05, 0.1) is 6.33 Å². The van der Waals surface area contributed by atoms with Crippen molar-refractivity contribution in [1.29, 1.82) is 0 Å². The maximum atomic E-state index is 4.06. The van der Waals surface area contributed by atoms with Gasteiger partial charge in [-0.1, -0.05) is 6.92 Å². The van der Waals surface area contributed by atoms with Gasteiger partial charge in [-0.25, -0.2) is 4.98 Å². The Morgan fingerprint density at radius 2 is 2.22 bits per heavy atom. The van der Waals surface area contributed by atoms with Crippen LogP contribution in [0.3, 0.4) is 0 Å². The molecule has 1 aromatic rings. The fourth-order valence-electron chi connectivity index (χ4n) is 2.60. The van der Waals surface area contributed by atoms with Crippen molar-refractivity contribution in [2.24, 2.45) is 0 Å². The summed E-state index contributed by atoms with van der Waals surface area (Å²) in [4.78, 5) is 6.66. The monoisotopic (exact) mass is 250 g/mol. The van der Waals surface area contributed by atoms with Gasteiger partial charge in [0, 0.05) is 31.5 Å². The van der Waals surface area contributed by atoms with Crippen LogP contribution in [0.25, 0.3) is 0 Å². The number of unbranched alkanes of at least 4 members (excludes halogenated alkanes) is 1. The number of hydrogen-bond acceptors (Lipinski definition) is 3.